The third kappa shape index (κ3) is 5.35. The predicted octanol–water partition coefficient (Wildman–Crippen LogP) is 1.92. The van der Waals surface area contributed by atoms with Crippen molar-refractivity contribution in [3.05, 3.63) is 0 Å². The second-order valence-electron chi connectivity index (χ2n) is 4.70. The summed E-state index contributed by atoms with van der Waals surface area (Å²) < 4.78 is 4.70. The molecule has 16 heavy (non-hydrogen) atoms. The first-order valence-electron chi connectivity index (χ1n) is 6.24. The van der Waals surface area contributed by atoms with Gasteiger partial charge in [-0.2, -0.15) is 0 Å². The summed E-state index contributed by atoms with van der Waals surface area (Å²) >= 11 is 0. The molecule has 0 saturated heterocycles. The van der Waals surface area contributed by atoms with Crippen LogP contribution in [0.5, 0.6) is 0 Å². The summed E-state index contributed by atoms with van der Waals surface area (Å²) in [6, 6.07) is 0. The molecule has 4 nitrogen and oxygen atoms in total. The molecule has 0 aromatic carbocycles. The molecule has 0 atom stereocenters. The molecule has 1 rings (SSSR count). The summed E-state index contributed by atoms with van der Waals surface area (Å²) in [5, 5.41) is 11.2. The van der Waals surface area contributed by atoms with E-state index in [1.807, 2.05) is 0 Å². The van der Waals surface area contributed by atoms with E-state index in [1.54, 1.807) is 0 Å². The minimum absolute atomic E-state index is 0.0762. The van der Waals surface area contributed by atoms with E-state index in [1.165, 1.54) is 25.7 Å². The molecule has 2 N–H and O–H groups in total. The lowest BCUT2D eigenvalue weighted by Crippen LogP contribution is -2.28. The van der Waals surface area contributed by atoms with E-state index in [2.05, 4.69) is 12.2 Å². The number of amides is 1. The molecule has 1 aliphatic carbocycles. The van der Waals surface area contributed by atoms with Gasteiger partial charge < -0.3 is 15.2 Å². The predicted molar refractivity (Wildman–Crippen MR) is 62.2 cm³/mol. The van der Waals surface area contributed by atoms with Crippen molar-refractivity contribution in [3.63, 3.8) is 0 Å². The minimum Gasteiger partial charge on any atom is -0.447 e. The summed E-state index contributed by atoms with van der Waals surface area (Å²) in [5.74, 6) is 1.63. The molecule has 1 aliphatic rings. The van der Waals surface area contributed by atoms with Crippen LogP contribution in [0.1, 0.15) is 39.0 Å². The largest absolute Gasteiger partial charge is 0.447 e. The third-order valence-corrected chi connectivity index (χ3v) is 3.28. The van der Waals surface area contributed by atoms with Gasteiger partial charge in [-0.1, -0.05) is 32.6 Å². The lowest BCUT2D eigenvalue weighted by molar-refractivity contribution is 0.118. The first kappa shape index (κ1) is 13.3. The van der Waals surface area contributed by atoms with Gasteiger partial charge >= 0.3 is 6.09 Å². The van der Waals surface area contributed by atoms with E-state index < -0.39 is 6.09 Å². The summed E-state index contributed by atoms with van der Waals surface area (Å²) in [5.41, 5.74) is 0. The molecule has 94 valence electrons. The lowest BCUT2D eigenvalue weighted by atomic mass is 9.81. The van der Waals surface area contributed by atoms with Crippen molar-refractivity contribution in [2.24, 2.45) is 11.8 Å². The van der Waals surface area contributed by atoms with Gasteiger partial charge in [0.25, 0.3) is 0 Å². The Bertz CT molecular complexity index is 200. The first-order chi connectivity index (χ1) is 7.72. The molecular weight excluding hydrogens is 206 g/mol. The highest BCUT2D eigenvalue weighted by Gasteiger charge is 2.17. The number of nitrogens with one attached hydrogen (secondary N) is 1. The molecular formula is C12H23NO3. The van der Waals surface area contributed by atoms with E-state index in [4.69, 9.17) is 9.84 Å². The fourth-order valence-electron chi connectivity index (χ4n) is 2.19. The number of hydrogen-bond donors (Lipinski definition) is 2. The van der Waals surface area contributed by atoms with E-state index in [9.17, 15) is 4.79 Å². The Hall–Kier alpha value is -0.770. The van der Waals surface area contributed by atoms with Crippen LogP contribution in [0.25, 0.3) is 0 Å². The van der Waals surface area contributed by atoms with Crippen LogP contribution >= 0.6 is 0 Å². The second kappa shape index (κ2) is 7.49. The average Bonchev–Trinajstić information content (AvgIpc) is 2.29. The highest BCUT2D eigenvalue weighted by molar-refractivity contribution is 5.66. The molecule has 0 aromatic rings. The molecule has 0 aliphatic heterocycles. The van der Waals surface area contributed by atoms with E-state index in [0.717, 1.165) is 18.3 Å². The maximum Gasteiger partial charge on any atom is 0.407 e. The average molecular weight is 229 g/mol. The molecule has 0 heterocycles. The zero-order valence-electron chi connectivity index (χ0n) is 10.1. The van der Waals surface area contributed by atoms with Crippen molar-refractivity contribution in [1.29, 1.82) is 0 Å². The maximum atomic E-state index is 11.1. The normalized spacial score (nSPS) is 25.1. The van der Waals surface area contributed by atoms with Crippen molar-refractivity contribution in [2.45, 2.75) is 39.0 Å². The zero-order valence-corrected chi connectivity index (χ0v) is 10.1. The van der Waals surface area contributed by atoms with Gasteiger partial charge in [0.15, 0.2) is 0 Å². The van der Waals surface area contributed by atoms with Crippen molar-refractivity contribution in [2.75, 3.05) is 19.8 Å². The minimum atomic E-state index is -0.418. The molecule has 1 fully saturated rings. The summed E-state index contributed by atoms with van der Waals surface area (Å²) in [6.07, 6.45) is 5.83. The van der Waals surface area contributed by atoms with Crippen LogP contribution in [0.3, 0.4) is 0 Å². The van der Waals surface area contributed by atoms with Crippen LogP contribution in [0.2, 0.25) is 0 Å². The Morgan fingerprint density at radius 3 is 2.69 bits per heavy atom. The van der Waals surface area contributed by atoms with E-state index in [0.29, 0.717) is 6.54 Å². The number of hydrogen-bond acceptors (Lipinski definition) is 3. The Balaban J connectivity index is 2.00. The third-order valence-electron chi connectivity index (χ3n) is 3.28. The summed E-state index contributed by atoms with van der Waals surface area (Å²) in [6.45, 7) is 2.95. The lowest BCUT2D eigenvalue weighted by Gasteiger charge is -2.25. The van der Waals surface area contributed by atoms with Crippen molar-refractivity contribution >= 4 is 6.09 Å². The summed E-state index contributed by atoms with van der Waals surface area (Å²) in [4.78, 5) is 11.1. The van der Waals surface area contributed by atoms with Gasteiger partial charge in [-0.05, 0) is 18.3 Å². The van der Waals surface area contributed by atoms with Crippen molar-refractivity contribution in [1.82, 2.24) is 5.32 Å². The molecule has 1 amide bonds. The summed E-state index contributed by atoms with van der Waals surface area (Å²) in [7, 11) is 0. The molecule has 4 heteroatoms. The van der Waals surface area contributed by atoms with Gasteiger partial charge in [0.05, 0.1) is 6.61 Å². The molecule has 0 aromatic heterocycles. The molecule has 1 saturated carbocycles. The van der Waals surface area contributed by atoms with Gasteiger partial charge in [0.2, 0.25) is 0 Å². The smallest absolute Gasteiger partial charge is 0.407 e. The topological polar surface area (TPSA) is 58.6 Å². The number of rotatable bonds is 5. The van der Waals surface area contributed by atoms with E-state index >= 15 is 0 Å². The fourth-order valence-corrected chi connectivity index (χ4v) is 2.19. The second-order valence-corrected chi connectivity index (χ2v) is 4.70. The molecule has 0 spiro atoms. The molecule has 0 radical (unpaired) electrons. The monoisotopic (exact) mass is 229 g/mol. The van der Waals surface area contributed by atoms with Crippen LogP contribution < -0.4 is 5.32 Å². The quantitative estimate of drug-likeness (QED) is 0.757. The number of aliphatic hydroxyl groups is 1. The van der Waals surface area contributed by atoms with Crippen molar-refractivity contribution in [3.8, 4) is 0 Å². The van der Waals surface area contributed by atoms with E-state index in [-0.39, 0.29) is 13.2 Å². The van der Waals surface area contributed by atoms with Crippen LogP contribution in [0.15, 0.2) is 0 Å². The zero-order chi connectivity index (χ0) is 11.8. The van der Waals surface area contributed by atoms with Crippen LogP contribution in [-0.2, 0) is 4.74 Å². The van der Waals surface area contributed by atoms with Crippen molar-refractivity contribution < 1.29 is 14.6 Å². The number of carbonyl (C=O) groups excluding carboxylic acids is 1. The fraction of sp³-hybridized carbons (Fsp3) is 0.917. The highest BCUT2D eigenvalue weighted by atomic mass is 16.6. The molecule has 0 bridgehead atoms. The van der Waals surface area contributed by atoms with Gasteiger partial charge in [-0.15, -0.1) is 0 Å². The standard InChI is InChI=1S/C12H23NO3/c1-10-2-4-11(5-3-10)6-7-13-12(15)16-9-8-14/h10-11,14H,2-9H2,1H3,(H,13,15). The number of aliphatic hydroxyl groups excluding tert-OH is 1. The van der Waals surface area contributed by atoms with Crippen LogP contribution in [0, 0.1) is 11.8 Å². The van der Waals surface area contributed by atoms with Crippen LogP contribution in [0.4, 0.5) is 4.79 Å². The van der Waals surface area contributed by atoms with Gasteiger partial charge in [0.1, 0.15) is 6.61 Å². The van der Waals surface area contributed by atoms with Gasteiger partial charge in [0, 0.05) is 6.54 Å². The molecule has 0 unspecified atom stereocenters. The Morgan fingerprint density at radius 1 is 1.38 bits per heavy atom. The highest BCUT2D eigenvalue weighted by Crippen LogP contribution is 2.29. The van der Waals surface area contributed by atoms with Gasteiger partial charge in [-0.25, -0.2) is 4.79 Å². The SMILES string of the molecule is CC1CCC(CCNC(=O)OCCO)CC1. The number of alkyl carbamates (subject to hydrolysis) is 1. The number of ether oxygens (including phenoxy) is 1. The van der Waals surface area contributed by atoms with Crippen LogP contribution in [-0.4, -0.2) is 31.0 Å². The maximum absolute atomic E-state index is 11.1. The Morgan fingerprint density at radius 2 is 2.06 bits per heavy atom. The first-order valence-corrected chi connectivity index (χ1v) is 6.24. The van der Waals surface area contributed by atoms with Gasteiger partial charge in [-0.3, -0.25) is 0 Å². The Kier molecular flexibility index (Phi) is 6.23. The Labute approximate surface area is 97.4 Å². The number of carbonyl (C=O) groups is 1.